The van der Waals surface area contributed by atoms with Crippen molar-refractivity contribution in [3.63, 3.8) is 0 Å². The second-order valence-corrected chi connectivity index (χ2v) is 13.4. The lowest BCUT2D eigenvalue weighted by molar-refractivity contribution is 0.630. The second kappa shape index (κ2) is 9.97. The number of benzene rings is 7. The van der Waals surface area contributed by atoms with Gasteiger partial charge in [-0.3, -0.25) is 0 Å². The van der Waals surface area contributed by atoms with Gasteiger partial charge in [-0.2, -0.15) is 0 Å². The van der Waals surface area contributed by atoms with Crippen molar-refractivity contribution in [2.45, 2.75) is 19.3 Å². The average Bonchev–Trinajstić information content (AvgIpc) is 3.68. The number of nitrogens with zero attached hydrogens (tertiary/aromatic N) is 2. The van der Waals surface area contributed by atoms with E-state index in [-0.39, 0.29) is 5.41 Å². The van der Waals surface area contributed by atoms with Gasteiger partial charge in [-0.1, -0.05) is 105 Å². The van der Waals surface area contributed by atoms with Gasteiger partial charge in [0.25, 0.3) is 0 Å². The smallest absolute Gasteiger partial charge is 0.145 e. The Kier molecular flexibility index (Phi) is 5.63. The van der Waals surface area contributed by atoms with Crippen LogP contribution in [0, 0.1) is 0 Å². The number of para-hydroxylation sites is 4. The maximum Gasteiger partial charge on any atom is 0.145 e. The van der Waals surface area contributed by atoms with Gasteiger partial charge in [0.05, 0.1) is 22.1 Å². The van der Waals surface area contributed by atoms with Crippen molar-refractivity contribution in [1.29, 1.82) is 0 Å². The minimum atomic E-state index is -0.252. The lowest BCUT2D eigenvalue weighted by atomic mass is 9.73. The normalized spacial score (nSPS) is 13.4. The molecule has 0 unspecified atom stereocenters. The van der Waals surface area contributed by atoms with Gasteiger partial charge in [-0.25, -0.2) is 0 Å². The van der Waals surface area contributed by atoms with E-state index in [1.54, 1.807) is 0 Å². The van der Waals surface area contributed by atoms with Crippen LogP contribution in [0.4, 0.5) is 17.1 Å². The molecule has 9 aromatic rings. The molecule has 0 saturated carbocycles. The van der Waals surface area contributed by atoms with Crippen molar-refractivity contribution in [3.05, 3.63) is 169 Å². The Hall–Kier alpha value is -6.06. The molecule has 0 bridgehead atoms. The fourth-order valence-corrected chi connectivity index (χ4v) is 8.04. The first-order valence-electron chi connectivity index (χ1n) is 16.6. The molecule has 0 spiro atoms. The molecule has 10 rings (SSSR count). The molecule has 7 aromatic carbocycles. The maximum atomic E-state index is 6.62. The van der Waals surface area contributed by atoms with Crippen LogP contribution < -0.4 is 4.90 Å². The molecule has 0 atom stereocenters. The first-order chi connectivity index (χ1) is 23.6. The zero-order chi connectivity index (χ0) is 32.0. The van der Waals surface area contributed by atoms with E-state index in [2.05, 4.69) is 181 Å². The number of fused-ring (bicyclic) bond motifs is 9. The van der Waals surface area contributed by atoms with Crippen LogP contribution in [0.25, 0.3) is 60.6 Å². The Bertz CT molecular complexity index is 2660. The maximum absolute atomic E-state index is 6.62. The van der Waals surface area contributed by atoms with E-state index in [4.69, 9.17) is 4.42 Å². The summed E-state index contributed by atoms with van der Waals surface area (Å²) in [5.74, 6) is 0. The van der Waals surface area contributed by atoms with Crippen molar-refractivity contribution in [1.82, 2.24) is 4.57 Å². The number of furan rings is 1. The molecular formula is C45H32N2O. The minimum Gasteiger partial charge on any atom is -0.455 e. The van der Waals surface area contributed by atoms with E-state index in [9.17, 15) is 0 Å². The highest BCUT2D eigenvalue weighted by Crippen LogP contribution is 2.51. The van der Waals surface area contributed by atoms with Gasteiger partial charge in [-0.15, -0.1) is 0 Å². The van der Waals surface area contributed by atoms with E-state index in [0.717, 1.165) is 33.6 Å². The van der Waals surface area contributed by atoms with Crippen LogP contribution in [-0.2, 0) is 5.41 Å². The largest absolute Gasteiger partial charge is 0.455 e. The van der Waals surface area contributed by atoms with Crippen molar-refractivity contribution < 1.29 is 4.42 Å². The van der Waals surface area contributed by atoms with Crippen LogP contribution in [0.15, 0.2) is 162 Å². The summed E-state index contributed by atoms with van der Waals surface area (Å²) in [5.41, 5.74) is 13.7. The van der Waals surface area contributed by atoms with Gasteiger partial charge in [0.1, 0.15) is 11.2 Å². The van der Waals surface area contributed by atoms with Gasteiger partial charge in [-0.05, 0) is 89.0 Å². The fourth-order valence-electron chi connectivity index (χ4n) is 8.04. The van der Waals surface area contributed by atoms with Crippen LogP contribution in [-0.4, -0.2) is 4.57 Å². The quantitative estimate of drug-likeness (QED) is 0.196. The molecule has 0 radical (unpaired) electrons. The lowest BCUT2D eigenvalue weighted by Gasteiger charge is -2.35. The lowest BCUT2D eigenvalue weighted by Crippen LogP contribution is -2.26. The summed E-state index contributed by atoms with van der Waals surface area (Å²) in [6.07, 6.45) is 0. The molecule has 0 aliphatic carbocycles. The molecule has 0 N–H and O–H groups in total. The first kappa shape index (κ1) is 27.1. The Labute approximate surface area is 278 Å². The average molecular weight is 617 g/mol. The number of hydrogen-bond donors (Lipinski definition) is 0. The molecular weight excluding hydrogens is 585 g/mol. The van der Waals surface area contributed by atoms with Gasteiger partial charge in [0.15, 0.2) is 0 Å². The van der Waals surface area contributed by atoms with E-state index >= 15 is 0 Å². The summed E-state index contributed by atoms with van der Waals surface area (Å²) in [6, 6.07) is 56.7. The first-order valence-corrected chi connectivity index (χ1v) is 16.6. The van der Waals surface area contributed by atoms with Crippen LogP contribution in [0.5, 0.6) is 0 Å². The number of aromatic nitrogens is 1. The highest BCUT2D eigenvalue weighted by molar-refractivity contribution is 6.25. The van der Waals surface area contributed by atoms with E-state index in [0.29, 0.717) is 0 Å². The monoisotopic (exact) mass is 616 g/mol. The van der Waals surface area contributed by atoms with Crippen molar-refractivity contribution in [2.75, 3.05) is 4.90 Å². The summed E-state index contributed by atoms with van der Waals surface area (Å²) in [7, 11) is 0. The molecule has 1 aliphatic rings. The molecule has 0 saturated heterocycles. The van der Waals surface area contributed by atoms with E-state index in [1.807, 2.05) is 0 Å². The van der Waals surface area contributed by atoms with Gasteiger partial charge in [0.2, 0.25) is 0 Å². The molecule has 0 fully saturated rings. The van der Waals surface area contributed by atoms with Crippen LogP contribution in [0.1, 0.15) is 25.0 Å². The standard InChI is InChI=1S/C45H32N2O/c1-45(2)37-27-30(29-14-13-19-33(26-29)46(31-15-5-3-6-16-31)32-17-7-4-8-18-32)24-25-40(37)47-39-22-11-9-21-35(39)42-43(47)38(45)28-36-34-20-10-12-23-41(34)48-44(36)42/h3-28H,1-2H3. The molecule has 0 amide bonds. The summed E-state index contributed by atoms with van der Waals surface area (Å²) in [4.78, 5) is 2.32. The zero-order valence-electron chi connectivity index (χ0n) is 26.8. The summed E-state index contributed by atoms with van der Waals surface area (Å²) < 4.78 is 9.09. The van der Waals surface area contributed by atoms with E-state index in [1.165, 1.54) is 55.1 Å². The molecule has 1 aliphatic heterocycles. The fraction of sp³-hybridized carbons (Fsp3) is 0.0667. The van der Waals surface area contributed by atoms with Gasteiger partial charge >= 0.3 is 0 Å². The molecule has 228 valence electrons. The molecule has 48 heavy (non-hydrogen) atoms. The minimum absolute atomic E-state index is 0.252. The third kappa shape index (κ3) is 3.76. The Morgan fingerprint density at radius 1 is 0.521 bits per heavy atom. The highest BCUT2D eigenvalue weighted by Gasteiger charge is 2.37. The third-order valence-corrected chi connectivity index (χ3v) is 10.3. The predicted octanol–water partition coefficient (Wildman–Crippen LogP) is 12.5. The molecule has 3 heterocycles. The highest BCUT2D eigenvalue weighted by atomic mass is 16.3. The van der Waals surface area contributed by atoms with Crippen LogP contribution in [0.2, 0.25) is 0 Å². The molecule has 2 aromatic heterocycles. The third-order valence-electron chi connectivity index (χ3n) is 10.3. The summed E-state index contributed by atoms with van der Waals surface area (Å²) >= 11 is 0. The van der Waals surface area contributed by atoms with E-state index < -0.39 is 0 Å². The van der Waals surface area contributed by atoms with Crippen LogP contribution >= 0.6 is 0 Å². The van der Waals surface area contributed by atoms with Crippen molar-refractivity contribution in [2.24, 2.45) is 0 Å². The topological polar surface area (TPSA) is 21.3 Å². The molecule has 3 nitrogen and oxygen atoms in total. The summed E-state index contributed by atoms with van der Waals surface area (Å²) in [6.45, 7) is 4.76. The van der Waals surface area contributed by atoms with Crippen molar-refractivity contribution in [3.8, 4) is 16.8 Å². The predicted molar refractivity (Wildman–Crippen MR) is 200 cm³/mol. The zero-order valence-corrected chi connectivity index (χ0v) is 26.8. The SMILES string of the molecule is CC1(C)c2cc(-c3cccc(N(c4ccccc4)c4ccccc4)c3)ccc2-n2c3ccccc3c3c4oc5ccccc5c4cc1c32. The Morgan fingerprint density at radius 2 is 1.17 bits per heavy atom. The number of hydrogen-bond acceptors (Lipinski definition) is 2. The van der Waals surface area contributed by atoms with Gasteiger partial charge < -0.3 is 13.9 Å². The Balaban J connectivity index is 1.20. The number of anilines is 3. The Morgan fingerprint density at radius 3 is 1.94 bits per heavy atom. The van der Waals surface area contributed by atoms with Gasteiger partial charge in [0, 0.05) is 38.6 Å². The van der Waals surface area contributed by atoms with Crippen LogP contribution in [0.3, 0.4) is 0 Å². The summed E-state index contributed by atoms with van der Waals surface area (Å²) in [5, 5.41) is 4.77. The van der Waals surface area contributed by atoms with Crippen molar-refractivity contribution >= 4 is 60.8 Å². The second-order valence-electron chi connectivity index (χ2n) is 13.4. The number of rotatable bonds is 4. The molecule has 3 heteroatoms.